The lowest BCUT2D eigenvalue weighted by atomic mass is 10.0. The predicted octanol–water partition coefficient (Wildman–Crippen LogP) is 5.09. The molecule has 3 aromatic rings. The third-order valence-corrected chi connectivity index (χ3v) is 5.31. The first-order valence-electron chi connectivity index (χ1n) is 10.5. The van der Waals surface area contributed by atoms with Crippen molar-refractivity contribution in [1.82, 2.24) is 14.9 Å². The van der Waals surface area contributed by atoms with Crippen molar-refractivity contribution >= 4 is 23.6 Å². The highest BCUT2D eigenvalue weighted by Gasteiger charge is 2.12. The third-order valence-electron chi connectivity index (χ3n) is 5.04. The second kappa shape index (κ2) is 11.5. The zero-order chi connectivity index (χ0) is 22.9. The highest BCUT2D eigenvalue weighted by Crippen LogP contribution is 2.26. The highest BCUT2D eigenvalue weighted by atomic mass is 35.5. The topological polar surface area (TPSA) is 56.1 Å². The summed E-state index contributed by atoms with van der Waals surface area (Å²) in [5.74, 6) is 0.690. The van der Waals surface area contributed by atoms with Gasteiger partial charge in [0.1, 0.15) is 11.6 Å². The molecule has 0 radical (unpaired) electrons. The second-order valence-corrected chi connectivity index (χ2v) is 7.79. The fraction of sp³-hybridized carbons (Fsp3) is 0.280. The smallest absolute Gasteiger partial charge is 0.247 e. The van der Waals surface area contributed by atoms with Gasteiger partial charge in [-0.05, 0) is 61.6 Å². The number of carbonyl (C=O) groups excluding carboxylic acids is 1. The first-order valence-corrected chi connectivity index (χ1v) is 11.0. The molecule has 7 heteroatoms. The maximum Gasteiger partial charge on any atom is 0.247 e. The molecule has 1 heterocycles. The Hall–Kier alpha value is -3.12. The standard InChI is InChI=1S/C25H27ClFN3O2/c1-18-16-30(17-29-18)23-10-9-19(15-24(23)32-2)14-21(7-5-12-26)25(31)28-13-11-20-6-3-4-8-22(20)27/h3-4,6,8-10,14-17H,5,7,11-13H2,1-2H3,(H,28,31). The van der Waals surface area contributed by atoms with Gasteiger partial charge in [-0.2, -0.15) is 0 Å². The van der Waals surface area contributed by atoms with Crippen molar-refractivity contribution < 1.29 is 13.9 Å². The Morgan fingerprint density at radius 1 is 1.28 bits per heavy atom. The Balaban J connectivity index is 1.76. The molecule has 1 amide bonds. The number of hydrogen-bond acceptors (Lipinski definition) is 3. The van der Waals surface area contributed by atoms with Gasteiger partial charge in [-0.3, -0.25) is 4.79 Å². The largest absolute Gasteiger partial charge is 0.495 e. The summed E-state index contributed by atoms with van der Waals surface area (Å²) in [6, 6.07) is 12.3. The van der Waals surface area contributed by atoms with E-state index < -0.39 is 0 Å². The lowest BCUT2D eigenvalue weighted by molar-refractivity contribution is -0.117. The van der Waals surface area contributed by atoms with Crippen LogP contribution in [-0.4, -0.2) is 35.0 Å². The third kappa shape index (κ3) is 6.20. The summed E-state index contributed by atoms with van der Waals surface area (Å²) in [7, 11) is 1.61. The van der Waals surface area contributed by atoms with Crippen LogP contribution in [0.25, 0.3) is 11.8 Å². The summed E-state index contributed by atoms with van der Waals surface area (Å²) in [5.41, 5.74) is 3.81. The average Bonchev–Trinajstić information content (AvgIpc) is 3.23. The molecule has 168 valence electrons. The Labute approximate surface area is 192 Å². The molecule has 1 aromatic heterocycles. The summed E-state index contributed by atoms with van der Waals surface area (Å²) >= 11 is 5.86. The summed E-state index contributed by atoms with van der Waals surface area (Å²) in [6.07, 6.45) is 7.14. The van der Waals surface area contributed by atoms with Crippen LogP contribution in [-0.2, 0) is 11.2 Å². The fourth-order valence-corrected chi connectivity index (χ4v) is 3.52. The zero-order valence-corrected chi connectivity index (χ0v) is 19.0. The van der Waals surface area contributed by atoms with Gasteiger partial charge < -0.3 is 14.6 Å². The molecule has 0 fully saturated rings. The van der Waals surface area contributed by atoms with Gasteiger partial charge in [0, 0.05) is 24.2 Å². The summed E-state index contributed by atoms with van der Waals surface area (Å²) in [4.78, 5) is 17.1. The number of nitrogens with zero attached hydrogens (tertiary/aromatic N) is 2. The molecule has 0 aliphatic heterocycles. The van der Waals surface area contributed by atoms with E-state index in [0.29, 0.717) is 48.6 Å². The molecular weight excluding hydrogens is 429 g/mol. The number of hydrogen-bond donors (Lipinski definition) is 1. The number of rotatable bonds is 10. The number of benzene rings is 2. The van der Waals surface area contributed by atoms with E-state index in [1.165, 1.54) is 6.07 Å². The minimum Gasteiger partial charge on any atom is -0.495 e. The van der Waals surface area contributed by atoms with Crippen molar-refractivity contribution in [1.29, 1.82) is 0 Å². The van der Waals surface area contributed by atoms with Gasteiger partial charge in [-0.15, -0.1) is 11.6 Å². The van der Waals surface area contributed by atoms with Crippen molar-refractivity contribution in [3.63, 3.8) is 0 Å². The number of amides is 1. The molecule has 0 spiro atoms. The van der Waals surface area contributed by atoms with Crippen molar-refractivity contribution in [2.75, 3.05) is 19.5 Å². The number of halogens is 2. The quantitative estimate of drug-likeness (QED) is 0.342. The summed E-state index contributed by atoms with van der Waals surface area (Å²) in [6.45, 7) is 2.27. The minimum absolute atomic E-state index is 0.181. The van der Waals surface area contributed by atoms with Gasteiger partial charge in [0.2, 0.25) is 5.91 Å². The second-order valence-electron chi connectivity index (χ2n) is 7.41. The minimum atomic E-state index is -0.264. The molecule has 5 nitrogen and oxygen atoms in total. The zero-order valence-electron chi connectivity index (χ0n) is 18.3. The average molecular weight is 456 g/mol. The molecule has 32 heavy (non-hydrogen) atoms. The van der Waals surface area contributed by atoms with Crippen LogP contribution in [0, 0.1) is 12.7 Å². The van der Waals surface area contributed by atoms with Crippen LogP contribution >= 0.6 is 11.6 Å². The fourth-order valence-electron chi connectivity index (χ4n) is 3.39. The molecule has 0 aliphatic rings. The number of carbonyl (C=O) groups is 1. The van der Waals surface area contributed by atoms with E-state index in [-0.39, 0.29) is 11.7 Å². The summed E-state index contributed by atoms with van der Waals surface area (Å²) < 4.78 is 21.3. The van der Waals surface area contributed by atoms with E-state index >= 15 is 0 Å². The van der Waals surface area contributed by atoms with Crippen molar-refractivity contribution in [2.24, 2.45) is 0 Å². The number of alkyl halides is 1. The molecule has 0 atom stereocenters. The van der Waals surface area contributed by atoms with Crippen LogP contribution in [0.15, 0.2) is 60.6 Å². The van der Waals surface area contributed by atoms with E-state index in [2.05, 4.69) is 10.3 Å². The number of aryl methyl sites for hydroxylation is 1. The maximum atomic E-state index is 13.8. The van der Waals surface area contributed by atoms with Gasteiger partial charge in [0.15, 0.2) is 0 Å². The number of methoxy groups -OCH3 is 1. The van der Waals surface area contributed by atoms with Crippen LogP contribution in [0.3, 0.4) is 0 Å². The van der Waals surface area contributed by atoms with E-state index in [4.69, 9.17) is 16.3 Å². The van der Waals surface area contributed by atoms with Crippen molar-refractivity contribution in [3.8, 4) is 11.4 Å². The lowest BCUT2D eigenvalue weighted by Crippen LogP contribution is -2.27. The van der Waals surface area contributed by atoms with E-state index in [1.54, 1.807) is 31.6 Å². The number of aromatic nitrogens is 2. The van der Waals surface area contributed by atoms with Crippen molar-refractivity contribution in [3.05, 3.63) is 83.2 Å². The van der Waals surface area contributed by atoms with Crippen LogP contribution in [0.4, 0.5) is 4.39 Å². The molecule has 0 aliphatic carbocycles. The number of imidazole rings is 1. The molecule has 0 saturated heterocycles. The lowest BCUT2D eigenvalue weighted by Gasteiger charge is -2.12. The molecule has 3 rings (SSSR count). The van der Waals surface area contributed by atoms with Crippen molar-refractivity contribution in [2.45, 2.75) is 26.2 Å². The molecule has 0 saturated carbocycles. The van der Waals surface area contributed by atoms with Crippen LogP contribution in [0.2, 0.25) is 0 Å². The first-order chi connectivity index (χ1) is 15.5. The summed E-state index contributed by atoms with van der Waals surface area (Å²) in [5, 5.41) is 2.90. The number of ether oxygens (including phenoxy) is 1. The van der Waals surface area contributed by atoms with Gasteiger partial charge in [0.05, 0.1) is 24.8 Å². The monoisotopic (exact) mass is 455 g/mol. The van der Waals surface area contributed by atoms with Gasteiger partial charge in [-0.1, -0.05) is 24.3 Å². The van der Waals surface area contributed by atoms with E-state index in [0.717, 1.165) is 16.9 Å². The Morgan fingerprint density at radius 3 is 2.78 bits per heavy atom. The number of nitrogens with one attached hydrogen (secondary N) is 1. The molecule has 2 aromatic carbocycles. The Morgan fingerprint density at radius 2 is 2.09 bits per heavy atom. The van der Waals surface area contributed by atoms with E-state index in [9.17, 15) is 9.18 Å². The van der Waals surface area contributed by atoms with Crippen LogP contribution in [0.1, 0.15) is 29.7 Å². The first kappa shape index (κ1) is 23.5. The molecular formula is C25H27ClFN3O2. The highest BCUT2D eigenvalue weighted by molar-refractivity contribution is 6.17. The Bertz CT molecular complexity index is 1090. The van der Waals surface area contributed by atoms with Gasteiger partial charge in [0.25, 0.3) is 0 Å². The van der Waals surface area contributed by atoms with E-state index in [1.807, 2.05) is 42.0 Å². The van der Waals surface area contributed by atoms with Crippen LogP contribution in [0.5, 0.6) is 5.75 Å². The van der Waals surface area contributed by atoms with Gasteiger partial charge in [-0.25, -0.2) is 9.37 Å². The Kier molecular flexibility index (Phi) is 8.45. The van der Waals surface area contributed by atoms with Crippen LogP contribution < -0.4 is 10.1 Å². The molecule has 1 N–H and O–H groups in total. The molecule has 0 unspecified atom stereocenters. The normalized spacial score (nSPS) is 11.4. The SMILES string of the molecule is COc1cc(C=C(CCCCl)C(=O)NCCc2ccccc2F)ccc1-n1cnc(C)c1. The predicted molar refractivity (Wildman–Crippen MR) is 126 cm³/mol. The molecule has 0 bridgehead atoms. The maximum absolute atomic E-state index is 13.8. The van der Waals surface area contributed by atoms with Gasteiger partial charge >= 0.3 is 0 Å².